The SMILES string of the molecule is CC1CCC(Oc2nc(Cl)nc3nc[nH]c23)CC1. The zero-order valence-corrected chi connectivity index (χ0v) is 10.9. The number of nitrogens with one attached hydrogen (secondary N) is 1. The zero-order valence-electron chi connectivity index (χ0n) is 10.2. The molecule has 1 saturated carbocycles. The second-order valence-electron chi connectivity index (χ2n) is 4.90. The molecule has 0 atom stereocenters. The van der Waals surface area contributed by atoms with Crippen LogP contribution in [0.5, 0.6) is 5.88 Å². The zero-order chi connectivity index (χ0) is 12.5. The first-order valence-corrected chi connectivity index (χ1v) is 6.63. The molecule has 0 bridgehead atoms. The van der Waals surface area contributed by atoms with Crippen molar-refractivity contribution in [1.29, 1.82) is 0 Å². The molecule has 0 aromatic carbocycles. The van der Waals surface area contributed by atoms with E-state index in [0.717, 1.165) is 24.3 Å². The first-order chi connectivity index (χ1) is 8.72. The number of hydrogen-bond donors (Lipinski definition) is 1. The summed E-state index contributed by atoms with van der Waals surface area (Å²) >= 11 is 5.87. The fourth-order valence-corrected chi connectivity index (χ4v) is 2.53. The quantitative estimate of drug-likeness (QED) is 0.849. The van der Waals surface area contributed by atoms with Crippen molar-refractivity contribution in [3.8, 4) is 5.88 Å². The number of halogens is 1. The molecular formula is C12H15ClN4O. The van der Waals surface area contributed by atoms with E-state index in [1.165, 1.54) is 12.8 Å². The minimum absolute atomic E-state index is 0.175. The lowest BCUT2D eigenvalue weighted by molar-refractivity contribution is 0.132. The lowest BCUT2D eigenvalue weighted by atomic mass is 9.89. The third kappa shape index (κ3) is 2.27. The fourth-order valence-electron chi connectivity index (χ4n) is 2.37. The molecule has 0 spiro atoms. The summed E-state index contributed by atoms with van der Waals surface area (Å²) in [4.78, 5) is 15.2. The number of aromatic amines is 1. The fraction of sp³-hybridized carbons (Fsp3) is 0.583. The van der Waals surface area contributed by atoms with E-state index in [1.54, 1.807) is 6.33 Å². The lowest BCUT2D eigenvalue weighted by Crippen LogP contribution is -2.23. The van der Waals surface area contributed by atoms with Crippen LogP contribution in [0.25, 0.3) is 11.2 Å². The molecular weight excluding hydrogens is 252 g/mol. The Balaban J connectivity index is 1.83. The number of nitrogens with zero attached hydrogens (tertiary/aromatic N) is 3. The summed E-state index contributed by atoms with van der Waals surface area (Å²) in [5, 5.41) is 0.175. The minimum atomic E-state index is 0.175. The molecule has 5 nitrogen and oxygen atoms in total. The lowest BCUT2D eigenvalue weighted by Gasteiger charge is -2.26. The number of H-pyrrole nitrogens is 1. The van der Waals surface area contributed by atoms with Crippen molar-refractivity contribution in [1.82, 2.24) is 19.9 Å². The number of ether oxygens (including phenoxy) is 1. The molecule has 0 aliphatic heterocycles. The van der Waals surface area contributed by atoms with Crippen molar-refractivity contribution in [2.24, 2.45) is 5.92 Å². The predicted octanol–water partition coefficient (Wildman–Crippen LogP) is 2.96. The van der Waals surface area contributed by atoms with Gasteiger partial charge in [0.05, 0.1) is 6.33 Å². The Morgan fingerprint density at radius 1 is 1.28 bits per heavy atom. The van der Waals surface area contributed by atoms with E-state index in [0.29, 0.717) is 11.5 Å². The molecule has 2 aromatic heterocycles. The first kappa shape index (κ1) is 11.7. The van der Waals surface area contributed by atoms with Crippen LogP contribution >= 0.6 is 11.6 Å². The highest BCUT2D eigenvalue weighted by Gasteiger charge is 2.21. The summed E-state index contributed by atoms with van der Waals surface area (Å²) < 4.78 is 5.95. The van der Waals surface area contributed by atoms with Crippen molar-refractivity contribution in [3.05, 3.63) is 11.6 Å². The van der Waals surface area contributed by atoms with Crippen LogP contribution in [-0.2, 0) is 0 Å². The largest absolute Gasteiger partial charge is 0.473 e. The topological polar surface area (TPSA) is 63.7 Å². The van der Waals surface area contributed by atoms with Crippen LogP contribution in [0.15, 0.2) is 6.33 Å². The van der Waals surface area contributed by atoms with Crippen LogP contribution in [0.1, 0.15) is 32.6 Å². The van der Waals surface area contributed by atoms with Crippen molar-refractivity contribution in [2.75, 3.05) is 0 Å². The summed E-state index contributed by atoms with van der Waals surface area (Å²) in [6.45, 7) is 2.28. The van der Waals surface area contributed by atoms with E-state index in [1.807, 2.05) is 0 Å². The molecule has 1 fully saturated rings. The predicted molar refractivity (Wildman–Crippen MR) is 68.7 cm³/mol. The molecule has 1 aliphatic rings. The summed E-state index contributed by atoms with van der Waals surface area (Å²) in [6.07, 6.45) is 6.34. The Labute approximate surface area is 110 Å². The molecule has 3 rings (SSSR count). The van der Waals surface area contributed by atoms with Gasteiger partial charge in [-0.25, -0.2) is 4.98 Å². The van der Waals surface area contributed by atoms with Crippen molar-refractivity contribution >= 4 is 22.8 Å². The summed E-state index contributed by atoms with van der Waals surface area (Å²) in [5.74, 6) is 1.31. The monoisotopic (exact) mass is 266 g/mol. The van der Waals surface area contributed by atoms with Gasteiger partial charge in [0.15, 0.2) is 5.65 Å². The Kier molecular flexibility index (Phi) is 3.07. The maximum absolute atomic E-state index is 5.95. The standard InChI is InChI=1S/C12H15ClN4O/c1-7-2-4-8(5-3-7)18-11-9-10(15-6-14-9)16-12(13)17-11/h6-8H,2-5H2,1H3,(H,14,15,16,17). The van der Waals surface area contributed by atoms with Gasteiger partial charge in [-0.3, -0.25) is 0 Å². The second kappa shape index (κ2) is 4.72. The second-order valence-corrected chi connectivity index (χ2v) is 5.24. The highest BCUT2D eigenvalue weighted by atomic mass is 35.5. The van der Waals surface area contributed by atoms with Crippen LogP contribution in [0, 0.1) is 5.92 Å². The first-order valence-electron chi connectivity index (χ1n) is 6.25. The van der Waals surface area contributed by atoms with Gasteiger partial charge in [-0.15, -0.1) is 0 Å². The van der Waals surface area contributed by atoms with Gasteiger partial charge in [0.2, 0.25) is 11.2 Å². The van der Waals surface area contributed by atoms with Gasteiger partial charge >= 0.3 is 0 Å². The molecule has 6 heteroatoms. The van der Waals surface area contributed by atoms with Gasteiger partial charge in [0.25, 0.3) is 0 Å². The Bertz CT molecular complexity index is 548. The number of aromatic nitrogens is 4. The molecule has 2 heterocycles. The average molecular weight is 267 g/mol. The molecule has 18 heavy (non-hydrogen) atoms. The van der Waals surface area contributed by atoms with Gasteiger partial charge in [0.1, 0.15) is 11.6 Å². The van der Waals surface area contributed by atoms with Crippen molar-refractivity contribution in [3.63, 3.8) is 0 Å². The average Bonchev–Trinajstić information content (AvgIpc) is 2.80. The minimum Gasteiger partial charge on any atom is -0.473 e. The van der Waals surface area contributed by atoms with Crippen LogP contribution in [0.2, 0.25) is 5.28 Å². The molecule has 0 unspecified atom stereocenters. The summed E-state index contributed by atoms with van der Waals surface area (Å²) in [7, 11) is 0. The van der Waals surface area contributed by atoms with E-state index in [-0.39, 0.29) is 11.4 Å². The molecule has 1 N–H and O–H groups in total. The van der Waals surface area contributed by atoms with Gasteiger partial charge in [-0.1, -0.05) is 6.92 Å². The molecule has 0 saturated heterocycles. The van der Waals surface area contributed by atoms with Crippen LogP contribution < -0.4 is 4.74 Å². The Hall–Kier alpha value is -1.36. The molecule has 96 valence electrons. The van der Waals surface area contributed by atoms with Crippen LogP contribution in [-0.4, -0.2) is 26.0 Å². The van der Waals surface area contributed by atoms with Crippen molar-refractivity contribution in [2.45, 2.75) is 38.7 Å². The van der Waals surface area contributed by atoms with E-state index in [2.05, 4.69) is 26.9 Å². The van der Waals surface area contributed by atoms with E-state index >= 15 is 0 Å². The summed E-state index contributed by atoms with van der Waals surface area (Å²) in [5.41, 5.74) is 1.27. The number of hydrogen-bond acceptors (Lipinski definition) is 4. The highest BCUT2D eigenvalue weighted by molar-refractivity contribution is 6.28. The van der Waals surface area contributed by atoms with Gasteiger partial charge < -0.3 is 9.72 Å². The van der Waals surface area contributed by atoms with Gasteiger partial charge in [0, 0.05) is 0 Å². The highest BCUT2D eigenvalue weighted by Crippen LogP contribution is 2.29. The number of imidazole rings is 1. The molecule has 0 radical (unpaired) electrons. The maximum atomic E-state index is 5.95. The number of fused-ring (bicyclic) bond motifs is 1. The summed E-state index contributed by atoms with van der Waals surface area (Å²) in [6, 6.07) is 0. The maximum Gasteiger partial charge on any atom is 0.244 e. The molecule has 1 aliphatic carbocycles. The molecule has 2 aromatic rings. The molecule has 0 amide bonds. The van der Waals surface area contributed by atoms with Crippen LogP contribution in [0.3, 0.4) is 0 Å². The van der Waals surface area contributed by atoms with Crippen LogP contribution in [0.4, 0.5) is 0 Å². The van der Waals surface area contributed by atoms with Crippen molar-refractivity contribution < 1.29 is 4.74 Å². The normalized spacial score (nSPS) is 24.3. The third-order valence-corrected chi connectivity index (χ3v) is 3.64. The third-order valence-electron chi connectivity index (χ3n) is 3.47. The van der Waals surface area contributed by atoms with E-state index in [9.17, 15) is 0 Å². The van der Waals surface area contributed by atoms with Gasteiger partial charge in [-0.2, -0.15) is 9.97 Å². The smallest absolute Gasteiger partial charge is 0.244 e. The van der Waals surface area contributed by atoms with E-state index < -0.39 is 0 Å². The number of rotatable bonds is 2. The van der Waals surface area contributed by atoms with E-state index in [4.69, 9.17) is 16.3 Å². The van der Waals surface area contributed by atoms with Gasteiger partial charge in [-0.05, 0) is 43.2 Å². The Morgan fingerprint density at radius 2 is 2.06 bits per heavy atom. The Morgan fingerprint density at radius 3 is 2.83 bits per heavy atom.